The molecule has 41 heavy (non-hydrogen) atoms. The van der Waals surface area contributed by atoms with Crippen LogP contribution in [-0.2, 0) is 9.59 Å². The van der Waals surface area contributed by atoms with E-state index in [0.717, 1.165) is 33.6 Å². The molecule has 1 aliphatic rings. The zero-order valence-corrected chi connectivity index (χ0v) is 24.4. The SMILES string of the molecule is Cc1ccc(N=C2S/C(=C\c3cccc(OCC(=O)Nc4ccc(C)c(Cl)c4)c3)C(=O)N2c2ccc(C)cc2)cc1. The van der Waals surface area contributed by atoms with Crippen molar-refractivity contribution < 1.29 is 14.3 Å². The van der Waals surface area contributed by atoms with Gasteiger partial charge in [0.25, 0.3) is 11.8 Å². The molecule has 4 aromatic carbocycles. The van der Waals surface area contributed by atoms with Crippen molar-refractivity contribution in [1.82, 2.24) is 0 Å². The van der Waals surface area contributed by atoms with Gasteiger partial charge in [0, 0.05) is 10.7 Å². The van der Waals surface area contributed by atoms with Crippen LogP contribution in [0.5, 0.6) is 5.75 Å². The first-order chi connectivity index (χ1) is 19.7. The van der Waals surface area contributed by atoms with E-state index in [1.807, 2.05) is 93.6 Å². The minimum absolute atomic E-state index is 0.160. The van der Waals surface area contributed by atoms with Crippen LogP contribution in [0.3, 0.4) is 0 Å². The van der Waals surface area contributed by atoms with Gasteiger partial charge in [-0.2, -0.15) is 0 Å². The van der Waals surface area contributed by atoms with Crippen molar-refractivity contribution in [3.63, 3.8) is 0 Å². The van der Waals surface area contributed by atoms with Crippen molar-refractivity contribution in [1.29, 1.82) is 0 Å². The first-order valence-electron chi connectivity index (χ1n) is 13.0. The minimum Gasteiger partial charge on any atom is -0.484 e. The van der Waals surface area contributed by atoms with E-state index in [0.29, 0.717) is 26.5 Å². The fraction of sp³-hybridized carbons (Fsp3) is 0.121. The summed E-state index contributed by atoms with van der Waals surface area (Å²) in [5.74, 6) is 0.0453. The largest absolute Gasteiger partial charge is 0.484 e. The Balaban J connectivity index is 1.34. The molecule has 0 saturated carbocycles. The van der Waals surface area contributed by atoms with E-state index < -0.39 is 0 Å². The van der Waals surface area contributed by atoms with E-state index in [-0.39, 0.29) is 18.4 Å². The van der Waals surface area contributed by atoms with Gasteiger partial charge in [-0.05, 0) is 98.3 Å². The van der Waals surface area contributed by atoms with E-state index in [2.05, 4.69) is 5.32 Å². The number of thioether (sulfide) groups is 1. The molecule has 1 saturated heterocycles. The van der Waals surface area contributed by atoms with Crippen LogP contribution >= 0.6 is 23.4 Å². The van der Waals surface area contributed by atoms with Gasteiger partial charge in [0.2, 0.25) is 0 Å². The fourth-order valence-corrected chi connectivity index (χ4v) is 5.24. The molecular formula is C33H28ClN3O3S. The highest BCUT2D eigenvalue weighted by Crippen LogP contribution is 2.37. The number of nitrogens with one attached hydrogen (secondary N) is 1. The summed E-state index contributed by atoms with van der Waals surface area (Å²) in [7, 11) is 0. The number of aliphatic imine (C=N–C) groups is 1. The van der Waals surface area contributed by atoms with E-state index in [9.17, 15) is 9.59 Å². The average Bonchev–Trinajstić information content (AvgIpc) is 3.25. The van der Waals surface area contributed by atoms with E-state index >= 15 is 0 Å². The highest BCUT2D eigenvalue weighted by molar-refractivity contribution is 8.19. The Kier molecular flexibility index (Phi) is 8.57. The van der Waals surface area contributed by atoms with Gasteiger partial charge >= 0.3 is 0 Å². The van der Waals surface area contributed by atoms with Gasteiger partial charge in [-0.3, -0.25) is 14.5 Å². The number of hydrogen-bond acceptors (Lipinski definition) is 5. The van der Waals surface area contributed by atoms with E-state index in [1.54, 1.807) is 29.2 Å². The number of carbonyl (C=O) groups is 2. The molecule has 0 aliphatic carbocycles. The lowest BCUT2D eigenvalue weighted by atomic mass is 10.2. The van der Waals surface area contributed by atoms with Gasteiger partial charge < -0.3 is 10.1 Å². The Morgan fingerprint density at radius 3 is 2.37 bits per heavy atom. The van der Waals surface area contributed by atoms with Crippen LogP contribution in [0.1, 0.15) is 22.3 Å². The number of anilines is 2. The predicted octanol–water partition coefficient (Wildman–Crippen LogP) is 8.09. The van der Waals surface area contributed by atoms with E-state index in [1.165, 1.54) is 11.8 Å². The van der Waals surface area contributed by atoms with Gasteiger partial charge in [-0.15, -0.1) is 0 Å². The van der Waals surface area contributed by atoms with Gasteiger partial charge in [0.05, 0.1) is 16.3 Å². The van der Waals surface area contributed by atoms with Crippen LogP contribution in [0.4, 0.5) is 17.1 Å². The van der Waals surface area contributed by atoms with E-state index in [4.69, 9.17) is 21.3 Å². The van der Waals surface area contributed by atoms with Gasteiger partial charge in [0.15, 0.2) is 11.8 Å². The van der Waals surface area contributed by atoms with Crippen molar-refractivity contribution >= 4 is 63.5 Å². The van der Waals surface area contributed by atoms with Crippen LogP contribution in [0, 0.1) is 20.8 Å². The summed E-state index contributed by atoms with van der Waals surface area (Å²) in [6.45, 7) is 5.75. The topological polar surface area (TPSA) is 71.0 Å². The lowest BCUT2D eigenvalue weighted by Gasteiger charge is -2.16. The van der Waals surface area contributed by atoms with Crippen molar-refractivity contribution in [2.75, 3.05) is 16.8 Å². The van der Waals surface area contributed by atoms with Gasteiger partial charge in [-0.25, -0.2) is 4.99 Å². The lowest BCUT2D eigenvalue weighted by Crippen LogP contribution is -2.28. The summed E-state index contributed by atoms with van der Waals surface area (Å²) < 4.78 is 5.74. The number of aryl methyl sites for hydroxylation is 3. The summed E-state index contributed by atoms with van der Waals surface area (Å²) in [6, 6.07) is 28.3. The number of amides is 2. The van der Waals surface area contributed by atoms with Crippen LogP contribution < -0.4 is 15.0 Å². The molecule has 6 nitrogen and oxygen atoms in total. The molecule has 0 bridgehead atoms. The molecule has 1 N–H and O–H groups in total. The van der Waals surface area contributed by atoms with Crippen LogP contribution in [0.25, 0.3) is 6.08 Å². The molecule has 1 fully saturated rings. The average molecular weight is 582 g/mol. The molecule has 8 heteroatoms. The second-order valence-corrected chi connectivity index (χ2v) is 11.1. The maximum absolute atomic E-state index is 13.6. The van der Waals surface area contributed by atoms with Crippen molar-refractivity contribution in [2.45, 2.75) is 20.8 Å². The van der Waals surface area contributed by atoms with Crippen molar-refractivity contribution in [3.8, 4) is 5.75 Å². The number of halogens is 1. The molecule has 5 rings (SSSR count). The van der Waals surface area contributed by atoms with Crippen molar-refractivity contribution in [2.24, 2.45) is 4.99 Å². The molecule has 0 aromatic heterocycles. The smallest absolute Gasteiger partial charge is 0.271 e. The highest BCUT2D eigenvalue weighted by Gasteiger charge is 2.34. The molecule has 2 amide bonds. The maximum atomic E-state index is 13.6. The highest BCUT2D eigenvalue weighted by atomic mass is 35.5. The number of amidine groups is 1. The van der Waals surface area contributed by atoms with Crippen LogP contribution in [-0.4, -0.2) is 23.6 Å². The summed E-state index contributed by atoms with van der Waals surface area (Å²) in [5.41, 5.74) is 6.07. The Morgan fingerprint density at radius 1 is 0.951 bits per heavy atom. The monoisotopic (exact) mass is 581 g/mol. The second-order valence-electron chi connectivity index (χ2n) is 9.69. The third-order valence-corrected chi connectivity index (χ3v) is 7.71. The summed E-state index contributed by atoms with van der Waals surface area (Å²) in [4.78, 5) is 33.0. The van der Waals surface area contributed by atoms with Gasteiger partial charge in [-0.1, -0.05) is 65.2 Å². The Labute approximate surface area is 248 Å². The normalized spacial score (nSPS) is 15.0. The molecule has 0 radical (unpaired) electrons. The van der Waals surface area contributed by atoms with Gasteiger partial charge in [0.1, 0.15) is 5.75 Å². The fourth-order valence-electron chi connectivity index (χ4n) is 4.06. The minimum atomic E-state index is -0.305. The quantitative estimate of drug-likeness (QED) is 0.224. The number of benzene rings is 4. The molecule has 0 atom stereocenters. The first-order valence-corrected chi connectivity index (χ1v) is 14.2. The number of nitrogens with zero attached hydrogens (tertiary/aromatic N) is 2. The Hall–Kier alpha value is -4.33. The van der Waals surface area contributed by atoms with Crippen molar-refractivity contribution in [3.05, 3.63) is 123 Å². The molecule has 1 aliphatic heterocycles. The summed E-state index contributed by atoms with van der Waals surface area (Å²) in [6.07, 6.45) is 1.81. The van der Waals surface area contributed by atoms with Crippen LogP contribution in [0.2, 0.25) is 5.02 Å². The zero-order chi connectivity index (χ0) is 28.9. The Bertz CT molecular complexity index is 1660. The Morgan fingerprint density at radius 2 is 1.66 bits per heavy atom. The molecule has 0 unspecified atom stereocenters. The zero-order valence-electron chi connectivity index (χ0n) is 22.9. The standard InChI is InChI=1S/C33H28ClN3O3S/c1-21-7-12-25(13-8-21)36-33-37(27-15-9-22(2)10-16-27)32(39)30(41-33)18-24-5-4-6-28(17-24)40-20-31(38)35-26-14-11-23(3)29(34)19-26/h4-19H,20H2,1-3H3,(H,35,38)/b30-18-,36-33?. The number of ether oxygens (including phenoxy) is 1. The molecule has 206 valence electrons. The lowest BCUT2D eigenvalue weighted by molar-refractivity contribution is -0.118. The molecule has 1 heterocycles. The second kappa shape index (κ2) is 12.5. The maximum Gasteiger partial charge on any atom is 0.271 e. The first kappa shape index (κ1) is 28.2. The third kappa shape index (κ3) is 7.06. The predicted molar refractivity (Wildman–Crippen MR) is 169 cm³/mol. The number of hydrogen-bond donors (Lipinski definition) is 1. The summed E-state index contributed by atoms with van der Waals surface area (Å²) >= 11 is 7.47. The molecule has 4 aromatic rings. The molecule has 0 spiro atoms. The number of carbonyl (C=O) groups excluding carboxylic acids is 2. The summed E-state index contributed by atoms with van der Waals surface area (Å²) in [5, 5.41) is 3.94. The molecular weight excluding hydrogens is 554 g/mol. The van der Waals surface area contributed by atoms with Crippen LogP contribution in [0.15, 0.2) is 101 Å². The number of rotatable bonds is 7. The third-order valence-electron chi connectivity index (χ3n) is 6.34.